The number of hydrogen-bond donors (Lipinski definition) is 1. The molecule has 2 heterocycles. The molecule has 0 radical (unpaired) electrons. The monoisotopic (exact) mass is 314 g/mol. The summed E-state index contributed by atoms with van der Waals surface area (Å²) in [6.45, 7) is 3.74. The Morgan fingerprint density at radius 3 is 2.70 bits per heavy atom. The highest BCUT2D eigenvalue weighted by Gasteiger charge is 2.22. The summed E-state index contributed by atoms with van der Waals surface area (Å²) in [5.41, 5.74) is 0.924. The van der Waals surface area contributed by atoms with Crippen molar-refractivity contribution < 1.29 is 9.18 Å². The lowest BCUT2D eigenvalue weighted by molar-refractivity contribution is 0.0691. The number of carbonyl (C=O) groups is 1. The second-order valence-electron chi connectivity index (χ2n) is 5.90. The Morgan fingerprint density at radius 1 is 1.26 bits per heavy atom. The topological polar surface area (TPSA) is 58.1 Å². The minimum absolute atomic E-state index is 0.0818. The molecule has 0 spiro atoms. The molecular formula is C17H19FN4O. The number of benzene rings is 1. The van der Waals surface area contributed by atoms with E-state index in [-0.39, 0.29) is 11.7 Å². The Morgan fingerprint density at radius 2 is 2.04 bits per heavy atom. The standard InChI is InChI=1S/C17H19FN4O/c1-12-5-7-22(8-6-12)17(23)15-10-20-16(11-19-15)21-14-4-2-3-13(18)9-14/h2-4,9-12H,5-8H2,1H3,(H,20,21). The van der Waals surface area contributed by atoms with Gasteiger partial charge in [-0.25, -0.2) is 14.4 Å². The zero-order valence-electron chi connectivity index (χ0n) is 13.0. The van der Waals surface area contributed by atoms with Gasteiger partial charge in [0, 0.05) is 18.8 Å². The van der Waals surface area contributed by atoms with Crippen LogP contribution in [-0.4, -0.2) is 33.9 Å². The van der Waals surface area contributed by atoms with Crippen LogP contribution in [0.4, 0.5) is 15.9 Å². The van der Waals surface area contributed by atoms with Crippen LogP contribution in [0.1, 0.15) is 30.3 Å². The molecule has 120 valence electrons. The number of nitrogens with zero attached hydrogens (tertiary/aromatic N) is 3. The molecule has 0 atom stereocenters. The molecule has 1 aliphatic rings. The largest absolute Gasteiger partial charge is 0.339 e. The Balaban J connectivity index is 1.66. The van der Waals surface area contributed by atoms with Gasteiger partial charge >= 0.3 is 0 Å². The molecule has 1 N–H and O–H groups in total. The van der Waals surface area contributed by atoms with Crippen molar-refractivity contribution in [1.29, 1.82) is 0 Å². The molecule has 23 heavy (non-hydrogen) atoms. The van der Waals surface area contributed by atoms with Crippen LogP contribution in [0.2, 0.25) is 0 Å². The SMILES string of the molecule is CC1CCN(C(=O)c2cnc(Nc3cccc(F)c3)cn2)CC1. The van der Waals surface area contributed by atoms with Gasteiger partial charge in [-0.2, -0.15) is 0 Å². The summed E-state index contributed by atoms with van der Waals surface area (Å²) in [6, 6.07) is 6.09. The normalized spacial score (nSPS) is 15.5. The fourth-order valence-electron chi connectivity index (χ4n) is 2.59. The number of aromatic nitrogens is 2. The highest BCUT2D eigenvalue weighted by Crippen LogP contribution is 2.18. The average molecular weight is 314 g/mol. The summed E-state index contributed by atoms with van der Waals surface area (Å²) in [4.78, 5) is 22.6. The molecule has 0 unspecified atom stereocenters. The zero-order valence-corrected chi connectivity index (χ0v) is 13.0. The first-order chi connectivity index (χ1) is 11.1. The first kappa shape index (κ1) is 15.4. The van der Waals surface area contributed by atoms with Crippen LogP contribution in [-0.2, 0) is 0 Å². The van der Waals surface area contributed by atoms with E-state index in [0.717, 1.165) is 25.9 Å². The van der Waals surface area contributed by atoms with E-state index in [4.69, 9.17) is 0 Å². The number of nitrogens with one attached hydrogen (secondary N) is 1. The first-order valence-electron chi connectivity index (χ1n) is 7.76. The number of piperidine rings is 1. The summed E-state index contributed by atoms with van der Waals surface area (Å²) in [7, 11) is 0. The van der Waals surface area contributed by atoms with E-state index < -0.39 is 0 Å². The summed E-state index contributed by atoms with van der Waals surface area (Å²) in [5.74, 6) is 0.734. The number of halogens is 1. The quantitative estimate of drug-likeness (QED) is 0.945. The van der Waals surface area contributed by atoms with Crippen LogP contribution >= 0.6 is 0 Å². The molecule has 5 nitrogen and oxygen atoms in total. The van der Waals surface area contributed by atoms with Gasteiger partial charge in [-0.05, 0) is 37.0 Å². The predicted molar refractivity (Wildman–Crippen MR) is 86.0 cm³/mol. The Hall–Kier alpha value is -2.50. The van der Waals surface area contributed by atoms with Crippen LogP contribution in [0.5, 0.6) is 0 Å². The fraction of sp³-hybridized carbons (Fsp3) is 0.353. The van der Waals surface area contributed by atoms with E-state index in [9.17, 15) is 9.18 Å². The van der Waals surface area contributed by atoms with Gasteiger partial charge in [0.2, 0.25) is 0 Å². The molecule has 0 saturated carbocycles. The van der Waals surface area contributed by atoms with Gasteiger partial charge in [-0.1, -0.05) is 13.0 Å². The van der Waals surface area contributed by atoms with E-state index in [1.54, 1.807) is 12.1 Å². The van der Waals surface area contributed by atoms with Gasteiger partial charge in [-0.15, -0.1) is 0 Å². The van der Waals surface area contributed by atoms with Crippen LogP contribution in [0.25, 0.3) is 0 Å². The van der Waals surface area contributed by atoms with Gasteiger partial charge in [0.15, 0.2) is 0 Å². The first-order valence-corrected chi connectivity index (χ1v) is 7.76. The second-order valence-corrected chi connectivity index (χ2v) is 5.90. The number of anilines is 2. The molecule has 1 amide bonds. The van der Waals surface area contributed by atoms with Crippen LogP contribution in [0.15, 0.2) is 36.7 Å². The third kappa shape index (κ3) is 3.83. The molecule has 0 bridgehead atoms. The van der Waals surface area contributed by atoms with E-state index in [0.29, 0.717) is 23.1 Å². The second kappa shape index (κ2) is 6.73. The fourth-order valence-corrected chi connectivity index (χ4v) is 2.59. The Bertz CT molecular complexity index is 681. The minimum atomic E-state index is -0.325. The number of hydrogen-bond acceptors (Lipinski definition) is 4. The Labute approximate surface area is 134 Å². The Kier molecular flexibility index (Phi) is 4.50. The van der Waals surface area contributed by atoms with Crippen molar-refractivity contribution in [2.75, 3.05) is 18.4 Å². The maximum Gasteiger partial charge on any atom is 0.274 e. The average Bonchev–Trinajstić information content (AvgIpc) is 2.56. The van der Waals surface area contributed by atoms with Crippen molar-refractivity contribution in [1.82, 2.24) is 14.9 Å². The van der Waals surface area contributed by atoms with Crippen molar-refractivity contribution in [3.05, 3.63) is 48.2 Å². The molecule has 1 fully saturated rings. The number of carbonyl (C=O) groups excluding carboxylic acids is 1. The molecule has 2 aromatic rings. The number of likely N-dealkylation sites (tertiary alicyclic amines) is 1. The molecule has 1 aromatic heterocycles. The molecule has 1 aliphatic heterocycles. The van der Waals surface area contributed by atoms with Crippen molar-refractivity contribution >= 4 is 17.4 Å². The smallest absolute Gasteiger partial charge is 0.274 e. The van der Waals surface area contributed by atoms with Crippen molar-refractivity contribution in [2.24, 2.45) is 5.92 Å². The highest BCUT2D eigenvalue weighted by molar-refractivity contribution is 5.92. The van der Waals surface area contributed by atoms with E-state index in [1.165, 1.54) is 24.5 Å². The van der Waals surface area contributed by atoms with Gasteiger partial charge in [0.25, 0.3) is 5.91 Å². The zero-order chi connectivity index (χ0) is 16.2. The van der Waals surface area contributed by atoms with Crippen LogP contribution in [0.3, 0.4) is 0 Å². The molecule has 0 aliphatic carbocycles. The molecule has 3 rings (SSSR count). The summed E-state index contributed by atoms with van der Waals surface area (Å²) in [5, 5.41) is 2.96. The van der Waals surface area contributed by atoms with Crippen molar-refractivity contribution in [2.45, 2.75) is 19.8 Å². The van der Waals surface area contributed by atoms with E-state index in [1.807, 2.05) is 4.90 Å². The highest BCUT2D eigenvalue weighted by atomic mass is 19.1. The molecule has 1 saturated heterocycles. The number of amides is 1. The summed E-state index contributed by atoms with van der Waals surface area (Å²) >= 11 is 0. The van der Waals surface area contributed by atoms with E-state index >= 15 is 0 Å². The van der Waals surface area contributed by atoms with Gasteiger partial charge < -0.3 is 10.2 Å². The molecule has 6 heteroatoms. The van der Waals surface area contributed by atoms with Gasteiger partial charge in [-0.3, -0.25) is 4.79 Å². The van der Waals surface area contributed by atoms with Gasteiger partial charge in [0.05, 0.1) is 12.4 Å². The molecular weight excluding hydrogens is 295 g/mol. The van der Waals surface area contributed by atoms with Crippen molar-refractivity contribution in [3.8, 4) is 0 Å². The summed E-state index contributed by atoms with van der Waals surface area (Å²) in [6.07, 6.45) is 5.00. The van der Waals surface area contributed by atoms with Crippen LogP contribution in [0, 0.1) is 11.7 Å². The number of rotatable bonds is 3. The lowest BCUT2D eigenvalue weighted by Gasteiger charge is -2.29. The van der Waals surface area contributed by atoms with Crippen LogP contribution < -0.4 is 5.32 Å². The minimum Gasteiger partial charge on any atom is -0.339 e. The third-order valence-electron chi connectivity index (χ3n) is 4.04. The van der Waals surface area contributed by atoms with E-state index in [2.05, 4.69) is 22.2 Å². The lowest BCUT2D eigenvalue weighted by atomic mass is 9.99. The lowest BCUT2D eigenvalue weighted by Crippen LogP contribution is -2.38. The predicted octanol–water partition coefficient (Wildman–Crippen LogP) is 3.23. The van der Waals surface area contributed by atoms with Crippen molar-refractivity contribution in [3.63, 3.8) is 0 Å². The van der Waals surface area contributed by atoms with Gasteiger partial charge in [0.1, 0.15) is 17.3 Å². The maximum atomic E-state index is 13.1. The maximum absolute atomic E-state index is 13.1. The molecule has 1 aromatic carbocycles. The third-order valence-corrected chi connectivity index (χ3v) is 4.04. The summed E-state index contributed by atoms with van der Waals surface area (Å²) < 4.78 is 13.1.